The molecule has 0 atom stereocenters. The van der Waals surface area contributed by atoms with Crippen LogP contribution in [-0.2, 0) is 10.8 Å². The van der Waals surface area contributed by atoms with E-state index in [0.717, 1.165) is 11.4 Å². The predicted octanol–water partition coefficient (Wildman–Crippen LogP) is 4.60. The number of hydrogen-bond acceptors (Lipinski definition) is 0. The lowest BCUT2D eigenvalue weighted by atomic mass is 9.88. The van der Waals surface area contributed by atoms with Gasteiger partial charge in [0.1, 0.15) is 0 Å². The zero-order chi connectivity index (χ0) is 13.6. The van der Waals surface area contributed by atoms with E-state index < -0.39 is 0 Å². The van der Waals surface area contributed by atoms with E-state index in [4.69, 9.17) is 0 Å². The van der Waals surface area contributed by atoms with Gasteiger partial charge in [0.2, 0.25) is 0 Å². The van der Waals surface area contributed by atoms with Crippen LogP contribution in [0.3, 0.4) is 0 Å². The molecule has 18 heavy (non-hydrogen) atoms. The van der Waals surface area contributed by atoms with E-state index in [-0.39, 0.29) is 10.8 Å². The lowest BCUT2D eigenvalue weighted by molar-refractivity contribution is 0.591. The Hall–Kier alpha value is -1.44. The Bertz CT molecular complexity index is 480. The minimum absolute atomic E-state index is 0.189. The largest absolute Gasteiger partial charge is 0.360 e. The van der Waals surface area contributed by atoms with Crippen LogP contribution in [0.15, 0.2) is 24.5 Å². The van der Waals surface area contributed by atoms with E-state index in [1.54, 1.807) is 0 Å². The maximum Gasteiger partial charge on any atom is 0.0622 e. The molecule has 0 aromatic carbocycles. The normalized spacial score (nSPS) is 13.0. The van der Waals surface area contributed by atoms with Gasteiger partial charge in [0.05, 0.1) is 11.4 Å². The summed E-state index contributed by atoms with van der Waals surface area (Å²) in [6.07, 6.45) is 4.21. The maximum absolute atomic E-state index is 3.36. The number of H-pyrrole nitrogens is 2. The third-order valence-corrected chi connectivity index (χ3v) is 3.39. The van der Waals surface area contributed by atoms with Crippen molar-refractivity contribution < 1.29 is 0 Å². The van der Waals surface area contributed by atoms with Crippen LogP contribution in [-0.4, -0.2) is 9.97 Å². The predicted molar refractivity (Wildman–Crippen MR) is 78.0 cm³/mol. The maximum atomic E-state index is 3.36. The Labute approximate surface area is 110 Å². The van der Waals surface area contributed by atoms with E-state index in [1.165, 1.54) is 11.1 Å². The molecule has 2 aromatic heterocycles. The highest BCUT2D eigenvalue weighted by Gasteiger charge is 2.18. The second kappa shape index (κ2) is 4.04. The van der Waals surface area contributed by atoms with Crippen molar-refractivity contribution in [2.24, 2.45) is 0 Å². The van der Waals surface area contributed by atoms with Crippen LogP contribution in [0.5, 0.6) is 0 Å². The van der Waals surface area contributed by atoms with E-state index >= 15 is 0 Å². The standard InChI is InChI=1S/C16H24N2/c1-15(2,3)11-7-13(17-9-11)14-8-12(10-18-14)16(4,5)6/h7-10,17-18H,1-6H3. The fourth-order valence-electron chi connectivity index (χ4n) is 1.97. The molecule has 2 nitrogen and oxygen atoms in total. The number of aromatic amines is 2. The topological polar surface area (TPSA) is 31.6 Å². The van der Waals surface area contributed by atoms with Gasteiger partial charge in [-0.05, 0) is 34.1 Å². The smallest absolute Gasteiger partial charge is 0.0622 e. The van der Waals surface area contributed by atoms with Gasteiger partial charge in [0.15, 0.2) is 0 Å². The van der Waals surface area contributed by atoms with Crippen LogP contribution in [0, 0.1) is 0 Å². The average molecular weight is 244 g/mol. The van der Waals surface area contributed by atoms with Crippen molar-refractivity contribution in [2.75, 3.05) is 0 Å². The number of hydrogen-bond donors (Lipinski definition) is 2. The van der Waals surface area contributed by atoms with Gasteiger partial charge in [-0.1, -0.05) is 41.5 Å². The second-order valence-electron chi connectivity index (χ2n) is 7.10. The molecule has 2 heteroatoms. The third-order valence-electron chi connectivity index (χ3n) is 3.39. The molecule has 0 bridgehead atoms. The third kappa shape index (κ3) is 2.53. The van der Waals surface area contributed by atoms with Crippen molar-refractivity contribution in [2.45, 2.75) is 52.4 Å². The van der Waals surface area contributed by atoms with Crippen molar-refractivity contribution >= 4 is 0 Å². The monoisotopic (exact) mass is 244 g/mol. The highest BCUT2D eigenvalue weighted by atomic mass is 14.8. The van der Waals surface area contributed by atoms with Gasteiger partial charge in [0, 0.05) is 12.4 Å². The van der Waals surface area contributed by atoms with Crippen LogP contribution in [0.25, 0.3) is 11.4 Å². The van der Waals surface area contributed by atoms with Crippen LogP contribution in [0.1, 0.15) is 52.7 Å². The van der Waals surface area contributed by atoms with Crippen LogP contribution >= 0.6 is 0 Å². The first-order valence-electron chi connectivity index (χ1n) is 6.56. The Balaban J connectivity index is 2.33. The van der Waals surface area contributed by atoms with Crippen LogP contribution in [0.2, 0.25) is 0 Å². The zero-order valence-corrected chi connectivity index (χ0v) is 12.3. The molecule has 2 heterocycles. The quantitative estimate of drug-likeness (QED) is 0.734. The van der Waals surface area contributed by atoms with Gasteiger partial charge in [-0.3, -0.25) is 0 Å². The molecular formula is C16H24N2. The van der Waals surface area contributed by atoms with Crippen molar-refractivity contribution in [3.63, 3.8) is 0 Å². The van der Waals surface area contributed by atoms with Crippen molar-refractivity contribution in [3.8, 4) is 11.4 Å². The van der Waals surface area contributed by atoms with Gasteiger partial charge < -0.3 is 9.97 Å². The Morgan fingerprint density at radius 1 is 0.667 bits per heavy atom. The molecule has 0 radical (unpaired) electrons. The number of aromatic nitrogens is 2. The number of nitrogens with one attached hydrogen (secondary N) is 2. The molecule has 0 saturated carbocycles. The lowest BCUT2D eigenvalue weighted by Gasteiger charge is -2.15. The molecule has 0 aliphatic heterocycles. The molecule has 0 aliphatic rings. The highest BCUT2D eigenvalue weighted by molar-refractivity contribution is 5.58. The first kappa shape index (κ1) is 13.0. The zero-order valence-electron chi connectivity index (χ0n) is 12.3. The van der Waals surface area contributed by atoms with E-state index in [1.807, 2.05) is 0 Å². The molecule has 0 amide bonds. The van der Waals surface area contributed by atoms with E-state index in [0.29, 0.717) is 0 Å². The first-order valence-corrected chi connectivity index (χ1v) is 6.56. The molecule has 2 aromatic rings. The Kier molecular flexibility index (Phi) is 2.92. The summed E-state index contributed by atoms with van der Waals surface area (Å²) >= 11 is 0. The van der Waals surface area contributed by atoms with E-state index in [9.17, 15) is 0 Å². The number of rotatable bonds is 1. The molecule has 0 aliphatic carbocycles. The minimum Gasteiger partial charge on any atom is -0.360 e. The summed E-state index contributed by atoms with van der Waals surface area (Å²) in [5.41, 5.74) is 5.38. The summed E-state index contributed by atoms with van der Waals surface area (Å²) in [5.74, 6) is 0. The fourth-order valence-corrected chi connectivity index (χ4v) is 1.97. The van der Waals surface area contributed by atoms with Crippen molar-refractivity contribution in [1.82, 2.24) is 9.97 Å². The lowest BCUT2D eigenvalue weighted by Crippen LogP contribution is -2.09. The minimum atomic E-state index is 0.189. The van der Waals surface area contributed by atoms with Gasteiger partial charge in [-0.2, -0.15) is 0 Å². The summed E-state index contributed by atoms with van der Waals surface area (Å²) in [4.78, 5) is 6.72. The fraction of sp³-hybridized carbons (Fsp3) is 0.500. The van der Waals surface area contributed by atoms with Crippen molar-refractivity contribution in [1.29, 1.82) is 0 Å². The van der Waals surface area contributed by atoms with Crippen LogP contribution in [0.4, 0.5) is 0 Å². The average Bonchev–Trinajstić information content (AvgIpc) is 2.84. The van der Waals surface area contributed by atoms with E-state index in [2.05, 4.69) is 76.0 Å². The molecule has 2 N–H and O–H groups in total. The van der Waals surface area contributed by atoms with Crippen molar-refractivity contribution in [3.05, 3.63) is 35.7 Å². The summed E-state index contributed by atoms with van der Waals surface area (Å²) in [6, 6.07) is 4.47. The van der Waals surface area contributed by atoms with Gasteiger partial charge in [-0.25, -0.2) is 0 Å². The molecule has 0 saturated heterocycles. The molecule has 2 rings (SSSR count). The Morgan fingerprint density at radius 3 is 1.22 bits per heavy atom. The summed E-state index contributed by atoms with van der Waals surface area (Å²) in [6.45, 7) is 13.4. The SMILES string of the molecule is CC(C)(C)c1c[nH]c(-c2cc(C(C)(C)C)c[nH]2)c1. The molecule has 0 spiro atoms. The highest BCUT2D eigenvalue weighted by Crippen LogP contribution is 2.29. The van der Waals surface area contributed by atoms with Gasteiger partial charge in [-0.15, -0.1) is 0 Å². The van der Waals surface area contributed by atoms with Crippen LogP contribution < -0.4 is 0 Å². The molecule has 0 fully saturated rings. The second-order valence-corrected chi connectivity index (χ2v) is 7.10. The molecule has 0 unspecified atom stereocenters. The summed E-state index contributed by atoms with van der Waals surface area (Å²) in [7, 11) is 0. The first-order chi connectivity index (χ1) is 8.18. The van der Waals surface area contributed by atoms with Gasteiger partial charge in [0.25, 0.3) is 0 Å². The Morgan fingerprint density at radius 2 is 1.00 bits per heavy atom. The van der Waals surface area contributed by atoms with Gasteiger partial charge >= 0.3 is 0 Å². The summed E-state index contributed by atoms with van der Waals surface area (Å²) in [5, 5.41) is 0. The summed E-state index contributed by atoms with van der Waals surface area (Å²) < 4.78 is 0. The molecule has 98 valence electrons. The molecular weight excluding hydrogens is 220 g/mol.